The van der Waals surface area contributed by atoms with Crippen molar-refractivity contribution in [3.8, 4) is 5.75 Å². The Hall–Kier alpha value is -2.99. The minimum atomic E-state index is -4.12. The van der Waals surface area contributed by atoms with E-state index in [2.05, 4.69) is 37.2 Å². The van der Waals surface area contributed by atoms with E-state index >= 15 is 0 Å². The molecule has 1 aliphatic rings. The summed E-state index contributed by atoms with van der Waals surface area (Å²) < 4.78 is 31.0. The summed E-state index contributed by atoms with van der Waals surface area (Å²) in [5.74, 6) is -1.74. The maximum atomic E-state index is 13.2. The van der Waals surface area contributed by atoms with E-state index in [-0.39, 0.29) is 30.9 Å². The van der Waals surface area contributed by atoms with E-state index in [1.165, 1.54) is 36.4 Å². The normalized spacial score (nSPS) is 15.3. The standard InChI is InChI=1S/C24H15Br2ClN2O6S/c1-13-7-8-15(27)12-20(13)29-23(31)17(22(30)28-24(29)32)9-14-10-18(25)21(19(26)11-14)35-36(33,34)16-5-3-2-4-6-16/h2-12H,1H3,(H,28,30,32)/b17-9+. The molecule has 1 aliphatic heterocycles. The van der Waals surface area contributed by atoms with Gasteiger partial charge in [-0.3, -0.25) is 14.9 Å². The molecule has 1 saturated heterocycles. The first-order valence-corrected chi connectivity index (χ1v) is 13.5. The van der Waals surface area contributed by atoms with Crippen LogP contribution in [0.4, 0.5) is 10.5 Å². The number of carbonyl (C=O) groups is 3. The summed E-state index contributed by atoms with van der Waals surface area (Å²) in [6, 6.07) is 14.4. The summed E-state index contributed by atoms with van der Waals surface area (Å²) in [4.78, 5) is 39.0. The number of hydrogen-bond acceptors (Lipinski definition) is 6. The average Bonchev–Trinajstić information content (AvgIpc) is 2.82. The highest BCUT2D eigenvalue weighted by molar-refractivity contribution is 9.11. The molecule has 12 heteroatoms. The van der Waals surface area contributed by atoms with E-state index in [4.69, 9.17) is 15.8 Å². The summed E-state index contributed by atoms with van der Waals surface area (Å²) >= 11 is 12.6. The van der Waals surface area contributed by atoms with Crippen LogP contribution in [0.3, 0.4) is 0 Å². The van der Waals surface area contributed by atoms with E-state index < -0.39 is 28.0 Å². The first-order chi connectivity index (χ1) is 17.0. The van der Waals surface area contributed by atoms with Crippen LogP contribution in [0.1, 0.15) is 11.1 Å². The van der Waals surface area contributed by atoms with Gasteiger partial charge in [0, 0.05) is 5.02 Å². The summed E-state index contributed by atoms with van der Waals surface area (Å²) in [5.41, 5.74) is 0.885. The maximum Gasteiger partial charge on any atom is 0.339 e. The molecule has 0 unspecified atom stereocenters. The van der Waals surface area contributed by atoms with Crippen molar-refractivity contribution in [3.05, 3.63) is 91.3 Å². The topological polar surface area (TPSA) is 110 Å². The number of hydrogen-bond donors (Lipinski definition) is 1. The number of nitrogens with zero attached hydrogens (tertiary/aromatic N) is 1. The Bertz CT molecular complexity index is 1540. The zero-order valence-corrected chi connectivity index (χ0v) is 23.0. The van der Waals surface area contributed by atoms with Crippen molar-refractivity contribution >= 4 is 83.2 Å². The van der Waals surface area contributed by atoms with Gasteiger partial charge in [0.1, 0.15) is 10.5 Å². The zero-order chi connectivity index (χ0) is 26.2. The molecule has 0 atom stereocenters. The Morgan fingerprint density at radius 1 is 0.972 bits per heavy atom. The van der Waals surface area contributed by atoms with Crippen molar-refractivity contribution < 1.29 is 27.0 Å². The number of imide groups is 2. The minimum absolute atomic E-state index is 0.0215. The van der Waals surface area contributed by atoms with Crippen LogP contribution in [0.25, 0.3) is 6.08 Å². The second kappa shape index (κ2) is 10.2. The van der Waals surface area contributed by atoms with Crippen LogP contribution in [0.5, 0.6) is 5.75 Å². The summed E-state index contributed by atoms with van der Waals surface area (Å²) in [6.07, 6.45) is 1.28. The molecule has 0 radical (unpaired) electrons. The van der Waals surface area contributed by atoms with Crippen molar-refractivity contribution in [1.29, 1.82) is 0 Å². The number of urea groups is 1. The Morgan fingerprint density at radius 2 is 1.61 bits per heavy atom. The molecule has 0 saturated carbocycles. The number of anilines is 1. The fourth-order valence-electron chi connectivity index (χ4n) is 3.35. The van der Waals surface area contributed by atoms with Crippen molar-refractivity contribution in [1.82, 2.24) is 5.32 Å². The SMILES string of the molecule is Cc1ccc(Cl)cc1N1C(=O)NC(=O)/C(=C\c2cc(Br)c(OS(=O)(=O)c3ccccc3)c(Br)c2)C1=O. The predicted octanol–water partition coefficient (Wildman–Crippen LogP) is 5.61. The average molecular weight is 655 g/mol. The number of carbonyl (C=O) groups excluding carboxylic acids is 3. The number of aryl methyl sites for hydroxylation is 1. The minimum Gasteiger partial charge on any atom is -0.377 e. The Kier molecular flexibility index (Phi) is 7.37. The van der Waals surface area contributed by atoms with Crippen LogP contribution in [0.2, 0.25) is 5.02 Å². The monoisotopic (exact) mass is 652 g/mol. The Morgan fingerprint density at radius 3 is 2.25 bits per heavy atom. The molecular formula is C24H15Br2ClN2O6S. The molecular weight excluding hydrogens is 640 g/mol. The zero-order valence-electron chi connectivity index (χ0n) is 18.3. The van der Waals surface area contributed by atoms with E-state index in [0.29, 0.717) is 16.1 Å². The van der Waals surface area contributed by atoms with Gasteiger partial charge in [0.2, 0.25) is 0 Å². The molecule has 4 amide bonds. The first-order valence-electron chi connectivity index (χ1n) is 10.1. The largest absolute Gasteiger partial charge is 0.377 e. The molecule has 36 heavy (non-hydrogen) atoms. The number of rotatable bonds is 5. The van der Waals surface area contributed by atoms with Crippen LogP contribution in [0, 0.1) is 6.92 Å². The van der Waals surface area contributed by atoms with Crippen LogP contribution >= 0.6 is 43.5 Å². The van der Waals surface area contributed by atoms with Crippen LogP contribution in [-0.2, 0) is 19.7 Å². The van der Waals surface area contributed by atoms with E-state index in [1.54, 1.807) is 37.3 Å². The van der Waals surface area contributed by atoms with Gasteiger partial charge in [-0.1, -0.05) is 35.9 Å². The van der Waals surface area contributed by atoms with Crippen molar-refractivity contribution in [2.75, 3.05) is 4.90 Å². The van der Waals surface area contributed by atoms with Gasteiger partial charge in [0.15, 0.2) is 5.75 Å². The molecule has 0 spiro atoms. The van der Waals surface area contributed by atoms with E-state index in [9.17, 15) is 22.8 Å². The fourth-order valence-corrected chi connectivity index (χ4v) is 6.10. The third-order valence-electron chi connectivity index (χ3n) is 5.07. The van der Waals surface area contributed by atoms with Gasteiger partial charge in [0.25, 0.3) is 11.8 Å². The number of benzene rings is 3. The lowest BCUT2D eigenvalue weighted by Gasteiger charge is -2.27. The number of barbiturate groups is 1. The van der Waals surface area contributed by atoms with Crippen LogP contribution in [0.15, 0.2) is 80.1 Å². The molecule has 1 N–H and O–H groups in total. The van der Waals surface area contributed by atoms with Gasteiger partial charge in [-0.25, -0.2) is 9.69 Å². The number of nitrogens with one attached hydrogen (secondary N) is 1. The highest BCUT2D eigenvalue weighted by atomic mass is 79.9. The molecule has 0 aromatic heterocycles. The van der Waals surface area contributed by atoms with Crippen molar-refractivity contribution in [3.63, 3.8) is 0 Å². The molecule has 0 bridgehead atoms. The Labute approximate surface area is 228 Å². The fraction of sp³-hybridized carbons (Fsp3) is 0.0417. The smallest absolute Gasteiger partial charge is 0.339 e. The lowest BCUT2D eigenvalue weighted by molar-refractivity contribution is -0.122. The highest BCUT2D eigenvalue weighted by Crippen LogP contribution is 2.37. The lowest BCUT2D eigenvalue weighted by atomic mass is 10.1. The summed E-state index contributed by atoms with van der Waals surface area (Å²) in [5, 5.41) is 2.47. The third-order valence-corrected chi connectivity index (χ3v) is 7.72. The molecule has 184 valence electrons. The van der Waals surface area contributed by atoms with Gasteiger partial charge in [-0.05, 0) is 92.4 Å². The second-order valence-electron chi connectivity index (χ2n) is 7.55. The number of amides is 4. The summed E-state index contributed by atoms with van der Waals surface area (Å²) in [7, 11) is -4.12. The van der Waals surface area contributed by atoms with Gasteiger partial charge in [-0.2, -0.15) is 8.42 Å². The molecule has 1 fully saturated rings. The molecule has 8 nitrogen and oxygen atoms in total. The number of halogens is 3. The van der Waals surface area contributed by atoms with Gasteiger partial charge >= 0.3 is 16.1 Å². The summed E-state index contributed by atoms with van der Waals surface area (Å²) in [6.45, 7) is 1.70. The Balaban J connectivity index is 1.70. The van der Waals surface area contributed by atoms with Crippen molar-refractivity contribution in [2.45, 2.75) is 11.8 Å². The van der Waals surface area contributed by atoms with Crippen LogP contribution in [-0.4, -0.2) is 26.3 Å². The van der Waals surface area contributed by atoms with Gasteiger partial charge in [-0.15, -0.1) is 0 Å². The molecule has 1 heterocycles. The van der Waals surface area contributed by atoms with E-state index in [1.807, 2.05) is 0 Å². The third kappa shape index (κ3) is 5.24. The van der Waals surface area contributed by atoms with Crippen molar-refractivity contribution in [2.24, 2.45) is 0 Å². The molecule has 0 aliphatic carbocycles. The highest BCUT2D eigenvalue weighted by Gasteiger charge is 2.37. The predicted molar refractivity (Wildman–Crippen MR) is 141 cm³/mol. The first kappa shape index (κ1) is 26.1. The molecule has 4 rings (SSSR count). The maximum absolute atomic E-state index is 13.2. The second-order valence-corrected chi connectivity index (χ2v) is 11.2. The lowest BCUT2D eigenvalue weighted by Crippen LogP contribution is -2.54. The molecule has 3 aromatic carbocycles. The van der Waals surface area contributed by atoms with Crippen LogP contribution < -0.4 is 14.4 Å². The van der Waals surface area contributed by atoms with Gasteiger partial charge in [0.05, 0.1) is 14.6 Å². The quantitative estimate of drug-likeness (QED) is 0.218. The molecule has 3 aromatic rings. The van der Waals surface area contributed by atoms with E-state index in [0.717, 1.165) is 4.90 Å². The van der Waals surface area contributed by atoms with Gasteiger partial charge < -0.3 is 4.18 Å².